The van der Waals surface area contributed by atoms with Crippen LogP contribution in [0.5, 0.6) is 0 Å². The van der Waals surface area contributed by atoms with Crippen molar-refractivity contribution < 1.29 is 0 Å². The molecule has 0 radical (unpaired) electrons. The van der Waals surface area contributed by atoms with Crippen molar-refractivity contribution in [1.29, 1.82) is 0 Å². The number of anilines is 3. The molecule has 0 amide bonds. The maximum atomic E-state index is 6.07. The molecule has 0 aliphatic carbocycles. The number of hydrogen-bond acceptors (Lipinski definition) is 6. The van der Waals surface area contributed by atoms with Crippen molar-refractivity contribution in [2.24, 2.45) is 0 Å². The molecule has 2 heterocycles. The van der Waals surface area contributed by atoms with E-state index in [0.717, 1.165) is 29.5 Å². The van der Waals surface area contributed by atoms with Gasteiger partial charge in [-0.3, -0.25) is 0 Å². The number of nitrogens with zero attached hydrogens (tertiary/aromatic N) is 3. The Morgan fingerprint density at radius 2 is 2.04 bits per heavy atom. The van der Waals surface area contributed by atoms with Crippen LogP contribution in [0.2, 0.25) is 0 Å². The van der Waals surface area contributed by atoms with Crippen LogP contribution in [0, 0.1) is 0 Å². The van der Waals surface area contributed by atoms with Crippen LogP contribution in [0.4, 0.5) is 17.3 Å². The van der Waals surface area contributed by atoms with Gasteiger partial charge in [0.2, 0.25) is 0 Å². The van der Waals surface area contributed by atoms with Crippen LogP contribution in [0.3, 0.4) is 0 Å². The van der Waals surface area contributed by atoms with E-state index >= 15 is 0 Å². The minimum atomic E-state index is 0.469. The van der Waals surface area contributed by atoms with Gasteiger partial charge in [0.15, 0.2) is 16.8 Å². The third-order valence-electron chi connectivity index (χ3n) is 3.76. The quantitative estimate of drug-likeness (QED) is 0.645. The van der Waals surface area contributed by atoms with Crippen molar-refractivity contribution in [2.75, 3.05) is 21.7 Å². The molecule has 5 nitrogen and oxygen atoms in total. The van der Waals surface area contributed by atoms with Crippen molar-refractivity contribution in [2.45, 2.75) is 32.0 Å². The van der Waals surface area contributed by atoms with Crippen molar-refractivity contribution in [3.05, 3.63) is 47.8 Å². The Morgan fingerprint density at radius 1 is 1.26 bits per heavy atom. The number of nitrogen functional groups attached to an aromatic ring is 1. The van der Waals surface area contributed by atoms with E-state index in [0.29, 0.717) is 17.5 Å². The SMILES string of the molecule is C=C1Nc2c(N)nc(SCC)nc2N1Cc1cccc(CC)c1. The van der Waals surface area contributed by atoms with Crippen molar-refractivity contribution in [3.8, 4) is 0 Å². The smallest absolute Gasteiger partial charge is 0.191 e. The zero-order chi connectivity index (χ0) is 16.4. The average Bonchev–Trinajstić information content (AvgIpc) is 2.85. The first kappa shape index (κ1) is 15.7. The van der Waals surface area contributed by atoms with Crippen LogP contribution < -0.4 is 16.0 Å². The van der Waals surface area contributed by atoms with Crippen LogP contribution >= 0.6 is 11.8 Å². The number of nitrogens with one attached hydrogen (secondary N) is 1. The highest BCUT2D eigenvalue weighted by Gasteiger charge is 2.27. The molecule has 6 heteroatoms. The topological polar surface area (TPSA) is 67.1 Å². The number of fused-ring (bicyclic) bond motifs is 1. The molecule has 1 aliphatic heterocycles. The zero-order valence-corrected chi connectivity index (χ0v) is 14.3. The molecule has 3 rings (SSSR count). The lowest BCUT2D eigenvalue weighted by atomic mass is 10.1. The van der Waals surface area contributed by atoms with E-state index < -0.39 is 0 Å². The minimum absolute atomic E-state index is 0.469. The second-order valence-electron chi connectivity index (χ2n) is 5.35. The van der Waals surface area contributed by atoms with E-state index in [1.807, 2.05) is 0 Å². The minimum Gasteiger partial charge on any atom is -0.382 e. The monoisotopic (exact) mass is 327 g/mol. The predicted molar refractivity (Wildman–Crippen MR) is 97.6 cm³/mol. The number of hydrogen-bond donors (Lipinski definition) is 2. The third kappa shape index (κ3) is 3.12. The van der Waals surface area contributed by atoms with Crippen LogP contribution in [-0.4, -0.2) is 15.7 Å². The number of aryl methyl sites for hydroxylation is 1. The fourth-order valence-corrected chi connectivity index (χ4v) is 3.17. The van der Waals surface area contributed by atoms with Crippen molar-refractivity contribution >= 4 is 29.1 Å². The normalized spacial score (nSPS) is 13.1. The lowest BCUT2D eigenvalue weighted by Gasteiger charge is -2.19. The summed E-state index contributed by atoms with van der Waals surface area (Å²) in [5.74, 6) is 2.96. The first-order chi connectivity index (χ1) is 11.1. The fourth-order valence-electron chi connectivity index (χ4n) is 2.59. The summed E-state index contributed by atoms with van der Waals surface area (Å²) in [6.07, 6.45) is 1.02. The number of aromatic nitrogens is 2. The summed E-state index contributed by atoms with van der Waals surface area (Å²) >= 11 is 1.58. The Morgan fingerprint density at radius 3 is 2.78 bits per heavy atom. The van der Waals surface area contributed by atoms with E-state index in [1.54, 1.807) is 11.8 Å². The van der Waals surface area contributed by atoms with Gasteiger partial charge in [0.1, 0.15) is 11.5 Å². The summed E-state index contributed by atoms with van der Waals surface area (Å²) < 4.78 is 0. The van der Waals surface area contributed by atoms with Gasteiger partial charge in [-0.2, -0.15) is 0 Å². The molecule has 23 heavy (non-hydrogen) atoms. The number of rotatable bonds is 5. The highest BCUT2D eigenvalue weighted by molar-refractivity contribution is 7.99. The number of nitrogens with two attached hydrogens (primary N) is 1. The Labute approximate surface area is 141 Å². The first-order valence-corrected chi connectivity index (χ1v) is 8.72. The molecule has 0 unspecified atom stereocenters. The van der Waals surface area contributed by atoms with E-state index in [-0.39, 0.29) is 0 Å². The van der Waals surface area contributed by atoms with Crippen LogP contribution in [0.25, 0.3) is 0 Å². The Balaban J connectivity index is 1.94. The Kier molecular flexibility index (Phi) is 4.43. The molecule has 120 valence electrons. The number of thioether (sulfide) groups is 1. The van der Waals surface area contributed by atoms with E-state index in [4.69, 9.17) is 5.73 Å². The third-order valence-corrected chi connectivity index (χ3v) is 4.49. The molecular formula is C17H21N5S. The van der Waals surface area contributed by atoms with E-state index in [9.17, 15) is 0 Å². The maximum Gasteiger partial charge on any atom is 0.191 e. The Bertz CT molecular complexity index is 744. The highest BCUT2D eigenvalue weighted by atomic mass is 32.2. The molecule has 3 N–H and O–H groups in total. The Hall–Kier alpha value is -2.21. The molecule has 0 bridgehead atoms. The summed E-state index contributed by atoms with van der Waals surface area (Å²) in [6, 6.07) is 8.58. The molecule has 0 spiro atoms. The molecule has 1 aliphatic rings. The second-order valence-corrected chi connectivity index (χ2v) is 6.59. The highest BCUT2D eigenvalue weighted by Crippen LogP contribution is 2.39. The first-order valence-electron chi connectivity index (χ1n) is 7.74. The number of benzene rings is 1. The second kappa shape index (κ2) is 6.50. The van der Waals surface area contributed by atoms with Crippen LogP contribution in [0.1, 0.15) is 25.0 Å². The fraction of sp³-hybridized carbons (Fsp3) is 0.294. The van der Waals surface area contributed by atoms with E-state index in [2.05, 4.69) is 64.9 Å². The van der Waals surface area contributed by atoms with Gasteiger partial charge in [0.05, 0.1) is 6.54 Å². The molecule has 1 aromatic heterocycles. The maximum absolute atomic E-state index is 6.07. The lowest BCUT2D eigenvalue weighted by Crippen LogP contribution is -2.20. The molecule has 2 aromatic rings. The summed E-state index contributed by atoms with van der Waals surface area (Å²) in [6.45, 7) is 9.03. The van der Waals surface area contributed by atoms with Gasteiger partial charge in [0.25, 0.3) is 0 Å². The van der Waals surface area contributed by atoms with Gasteiger partial charge in [-0.05, 0) is 23.3 Å². The summed E-state index contributed by atoms with van der Waals surface area (Å²) in [5, 5.41) is 3.91. The van der Waals surface area contributed by atoms with E-state index in [1.165, 1.54) is 11.1 Å². The molecule has 0 saturated carbocycles. The van der Waals surface area contributed by atoms with Crippen LogP contribution in [-0.2, 0) is 13.0 Å². The van der Waals surface area contributed by atoms with Crippen molar-refractivity contribution in [1.82, 2.24) is 9.97 Å². The van der Waals surface area contributed by atoms with Gasteiger partial charge in [-0.1, -0.05) is 56.5 Å². The van der Waals surface area contributed by atoms with Crippen LogP contribution in [0.15, 0.2) is 41.8 Å². The largest absolute Gasteiger partial charge is 0.382 e. The molecule has 0 fully saturated rings. The average molecular weight is 327 g/mol. The van der Waals surface area contributed by atoms with Crippen molar-refractivity contribution in [3.63, 3.8) is 0 Å². The summed E-state index contributed by atoms with van der Waals surface area (Å²) in [4.78, 5) is 11.0. The molecule has 0 atom stereocenters. The molecule has 0 saturated heterocycles. The molecular weight excluding hydrogens is 306 g/mol. The standard InChI is InChI=1S/C17H21N5S/c1-4-12-7-6-8-13(9-12)10-22-11(3)19-14-15(18)20-17(23-5-2)21-16(14)22/h6-9,19H,3-5,10H2,1-2H3,(H2,18,20,21). The van der Waals surface area contributed by atoms with Gasteiger partial charge in [-0.25, -0.2) is 9.97 Å². The predicted octanol–water partition coefficient (Wildman–Crippen LogP) is 3.64. The summed E-state index contributed by atoms with van der Waals surface area (Å²) in [7, 11) is 0. The lowest BCUT2D eigenvalue weighted by molar-refractivity contribution is 0.889. The van der Waals surface area contributed by atoms with Gasteiger partial charge >= 0.3 is 0 Å². The van der Waals surface area contributed by atoms with Gasteiger partial charge < -0.3 is 16.0 Å². The van der Waals surface area contributed by atoms with Gasteiger partial charge in [-0.15, -0.1) is 0 Å². The molecule has 1 aromatic carbocycles. The van der Waals surface area contributed by atoms with Gasteiger partial charge in [0, 0.05) is 0 Å². The summed E-state index contributed by atoms with van der Waals surface area (Å²) in [5.41, 5.74) is 9.37. The zero-order valence-electron chi connectivity index (χ0n) is 13.5.